The van der Waals surface area contributed by atoms with E-state index in [0.29, 0.717) is 22.6 Å². The van der Waals surface area contributed by atoms with Gasteiger partial charge >= 0.3 is 5.97 Å². The Kier molecular flexibility index (Phi) is 5.74. The quantitative estimate of drug-likeness (QED) is 0.650. The van der Waals surface area contributed by atoms with Gasteiger partial charge in [-0.2, -0.15) is 0 Å². The smallest absolute Gasteiger partial charge is 0.340 e. The summed E-state index contributed by atoms with van der Waals surface area (Å²) in [7, 11) is 1.56. The molecule has 0 saturated carbocycles. The second kappa shape index (κ2) is 7.98. The monoisotopic (exact) mass is 315 g/mol. The minimum Gasteiger partial charge on any atom is -0.497 e. The zero-order valence-corrected chi connectivity index (χ0v) is 13.0. The van der Waals surface area contributed by atoms with Crippen LogP contribution in [0.5, 0.6) is 5.75 Å². The van der Waals surface area contributed by atoms with Crippen LogP contribution in [0.4, 0.5) is 10.1 Å². The number of rotatable bonds is 6. The van der Waals surface area contributed by atoms with Crippen molar-refractivity contribution in [2.75, 3.05) is 19.0 Å². The normalized spacial score (nSPS) is 11.0. The predicted octanol–water partition coefficient (Wildman–Crippen LogP) is 3.85. The highest BCUT2D eigenvalue weighted by molar-refractivity contribution is 6.16. The van der Waals surface area contributed by atoms with Crippen LogP contribution in [0.25, 0.3) is 5.57 Å². The largest absolute Gasteiger partial charge is 0.497 e. The fourth-order valence-corrected chi connectivity index (χ4v) is 1.96. The van der Waals surface area contributed by atoms with Crippen molar-refractivity contribution in [2.24, 2.45) is 0 Å². The van der Waals surface area contributed by atoms with Gasteiger partial charge in [0.1, 0.15) is 11.6 Å². The van der Waals surface area contributed by atoms with E-state index in [-0.39, 0.29) is 12.4 Å². The van der Waals surface area contributed by atoms with Gasteiger partial charge in [0.2, 0.25) is 0 Å². The maximum absolute atomic E-state index is 12.9. The first-order chi connectivity index (χ1) is 11.1. The minimum absolute atomic E-state index is 0.274. The van der Waals surface area contributed by atoms with Crippen LogP contribution in [0.15, 0.2) is 54.7 Å². The standard InChI is InChI=1S/C18H18FNO3/c1-3-23-18(21)17(13-5-4-6-16(11-13)22-2)12-20-15-9-7-14(19)8-10-15/h4-12,20H,3H2,1-2H3/b17-12-. The Morgan fingerprint density at radius 3 is 2.61 bits per heavy atom. The lowest BCUT2D eigenvalue weighted by Crippen LogP contribution is -2.08. The van der Waals surface area contributed by atoms with E-state index < -0.39 is 5.97 Å². The third-order valence-electron chi connectivity index (χ3n) is 3.10. The molecule has 120 valence electrons. The van der Waals surface area contributed by atoms with Crippen LogP contribution < -0.4 is 10.1 Å². The van der Waals surface area contributed by atoms with Crippen LogP contribution in [0.2, 0.25) is 0 Å². The Hall–Kier alpha value is -2.82. The molecule has 0 bridgehead atoms. The highest BCUT2D eigenvalue weighted by Crippen LogP contribution is 2.22. The number of carbonyl (C=O) groups excluding carboxylic acids is 1. The molecule has 0 amide bonds. The Morgan fingerprint density at radius 2 is 1.96 bits per heavy atom. The van der Waals surface area contributed by atoms with Gasteiger partial charge in [-0.05, 0) is 48.9 Å². The molecule has 23 heavy (non-hydrogen) atoms. The number of methoxy groups -OCH3 is 1. The van der Waals surface area contributed by atoms with Crippen molar-refractivity contribution in [1.82, 2.24) is 0 Å². The van der Waals surface area contributed by atoms with Crippen molar-refractivity contribution in [2.45, 2.75) is 6.92 Å². The summed E-state index contributed by atoms with van der Waals surface area (Å²) in [5, 5.41) is 2.98. The number of anilines is 1. The summed E-state index contributed by atoms with van der Waals surface area (Å²) < 4.78 is 23.2. The van der Waals surface area contributed by atoms with E-state index in [1.165, 1.54) is 12.1 Å². The van der Waals surface area contributed by atoms with Crippen LogP contribution in [0, 0.1) is 5.82 Å². The summed E-state index contributed by atoms with van der Waals surface area (Å²) in [5.74, 6) is -0.132. The van der Waals surface area contributed by atoms with Crippen molar-refractivity contribution in [3.8, 4) is 5.75 Å². The molecule has 2 aromatic carbocycles. The highest BCUT2D eigenvalue weighted by Gasteiger charge is 2.14. The van der Waals surface area contributed by atoms with Gasteiger partial charge in [-0.1, -0.05) is 12.1 Å². The third-order valence-corrected chi connectivity index (χ3v) is 3.10. The van der Waals surface area contributed by atoms with Crippen LogP contribution in [0.3, 0.4) is 0 Å². The third kappa shape index (κ3) is 4.57. The number of nitrogens with one attached hydrogen (secondary N) is 1. The first kappa shape index (κ1) is 16.5. The zero-order chi connectivity index (χ0) is 16.7. The first-order valence-corrected chi connectivity index (χ1v) is 7.18. The molecule has 0 radical (unpaired) electrons. The Balaban J connectivity index is 2.30. The molecule has 0 fully saturated rings. The lowest BCUT2D eigenvalue weighted by Gasteiger charge is -2.10. The summed E-state index contributed by atoms with van der Waals surface area (Å²) in [6, 6.07) is 13.0. The van der Waals surface area contributed by atoms with E-state index in [0.717, 1.165) is 0 Å². The van der Waals surface area contributed by atoms with Gasteiger partial charge in [0.15, 0.2) is 0 Å². The number of hydrogen-bond acceptors (Lipinski definition) is 4. The molecular formula is C18H18FNO3. The number of benzene rings is 2. The maximum atomic E-state index is 12.9. The summed E-state index contributed by atoms with van der Waals surface area (Å²) in [6.07, 6.45) is 1.54. The molecule has 0 aliphatic carbocycles. The van der Waals surface area contributed by atoms with Gasteiger partial charge in [-0.15, -0.1) is 0 Å². The molecule has 0 aromatic heterocycles. The number of carbonyl (C=O) groups is 1. The Bertz CT molecular complexity index is 696. The second-order valence-electron chi connectivity index (χ2n) is 4.66. The topological polar surface area (TPSA) is 47.6 Å². The molecule has 4 nitrogen and oxygen atoms in total. The summed E-state index contributed by atoms with van der Waals surface area (Å²) in [6.45, 7) is 2.02. The van der Waals surface area contributed by atoms with Gasteiger partial charge in [-0.25, -0.2) is 9.18 Å². The number of ether oxygens (including phenoxy) is 2. The fraction of sp³-hybridized carbons (Fsp3) is 0.167. The molecule has 0 unspecified atom stereocenters. The first-order valence-electron chi connectivity index (χ1n) is 7.18. The summed E-state index contributed by atoms with van der Waals surface area (Å²) in [4.78, 5) is 12.2. The molecule has 0 aliphatic rings. The number of hydrogen-bond donors (Lipinski definition) is 1. The summed E-state index contributed by atoms with van der Waals surface area (Å²) in [5.41, 5.74) is 1.68. The number of halogens is 1. The number of esters is 1. The van der Waals surface area contributed by atoms with E-state index in [1.54, 1.807) is 56.6 Å². The van der Waals surface area contributed by atoms with Gasteiger partial charge in [0, 0.05) is 11.9 Å². The van der Waals surface area contributed by atoms with Crippen molar-refractivity contribution in [1.29, 1.82) is 0 Å². The van der Waals surface area contributed by atoms with Crippen LogP contribution in [0.1, 0.15) is 12.5 Å². The molecule has 1 N–H and O–H groups in total. The molecule has 0 heterocycles. The Labute approximate surface area is 134 Å². The molecule has 0 aliphatic heterocycles. The van der Waals surface area contributed by atoms with Gasteiger partial charge in [0.05, 0.1) is 19.3 Å². The predicted molar refractivity (Wildman–Crippen MR) is 87.6 cm³/mol. The van der Waals surface area contributed by atoms with Crippen LogP contribution in [-0.4, -0.2) is 19.7 Å². The van der Waals surface area contributed by atoms with E-state index in [9.17, 15) is 9.18 Å². The molecular weight excluding hydrogens is 297 g/mol. The molecule has 0 saturated heterocycles. The van der Waals surface area contributed by atoms with Crippen molar-refractivity contribution in [3.63, 3.8) is 0 Å². The molecule has 2 aromatic rings. The molecule has 0 atom stereocenters. The lowest BCUT2D eigenvalue weighted by atomic mass is 10.1. The van der Waals surface area contributed by atoms with E-state index in [1.807, 2.05) is 0 Å². The van der Waals surface area contributed by atoms with E-state index in [2.05, 4.69) is 5.32 Å². The molecule has 2 rings (SSSR count). The SMILES string of the molecule is CCOC(=O)/C(=C\Nc1ccc(F)cc1)c1cccc(OC)c1. The fourth-order valence-electron chi connectivity index (χ4n) is 1.96. The van der Waals surface area contributed by atoms with Gasteiger partial charge in [-0.3, -0.25) is 0 Å². The second-order valence-corrected chi connectivity index (χ2v) is 4.66. The van der Waals surface area contributed by atoms with E-state index >= 15 is 0 Å². The highest BCUT2D eigenvalue weighted by atomic mass is 19.1. The van der Waals surface area contributed by atoms with Gasteiger partial charge < -0.3 is 14.8 Å². The average Bonchev–Trinajstić information content (AvgIpc) is 2.57. The Morgan fingerprint density at radius 1 is 1.22 bits per heavy atom. The maximum Gasteiger partial charge on any atom is 0.340 e. The van der Waals surface area contributed by atoms with Crippen molar-refractivity contribution >= 4 is 17.2 Å². The minimum atomic E-state index is -0.449. The van der Waals surface area contributed by atoms with Gasteiger partial charge in [0.25, 0.3) is 0 Å². The molecule has 0 spiro atoms. The average molecular weight is 315 g/mol. The van der Waals surface area contributed by atoms with Crippen LogP contribution in [-0.2, 0) is 9.53 Å². The van der Waals surface area contributed by atoms with Crippen molar-refractivity contribution < 1.29 is 18.7 Å². The van der Waals surface area contributed by atoms with Crippen molar-refractivity contribution in [3.05, 3.63) is 66.1 Å². The summed E-state index contributed by atoms with van der Waals surface area (Å²) >= 11 is 0. The molecule has 5 heteroatoms. The lowest BCUT2D eigenvalue weighted by molar-refractivity contribution is -0.136. The van der Waals surface area contributed by atoms with Crippen LogP contribution >= 0.6 is 0 Å². The van der Waals surface area contributed by atoms with E-state index in [4.69, 9.17) is 9.47 Å². The zero-order valence-electron chi connectivity index (χ0n) is 13.0.